The second kappa shape index (κ2) is 8.34. The van der Waals surface area contributed by atoms with Crippen molar-refractivity contribution >= 4 is 12.0 Å². The number of phenolic OH excluding ortho intramolecular Hbond substituents is 1. The predicted octanol–water partition coefficient (Wildman–Crippen LogP) is 4.45. The van der Waals surface area contributed by atoms with Crippen molar-refractivity contribution in [2.75, 3.05) is 26.7 Å². The molecule has 2 aromatic carbocycles. The summed E-state index contributed by atoms with van der Waals surface area (Å²) >= 11 is 0. The van der Waals surface area contributed by atoms with Crippen LogP contribution >= 0.6 is 0 Å². The molecule has 2 aromatic rings. The van der Waals surface area contributed by atoms with Gasteiger partial charge in [-0.25, -0.2) is 0 Å². The van der Waals surface area contributed by atoms with E-state index in [4.69, 9.17) is 9.47 Å². The smallest absolute Gasteiger partial charge is 0.244 e. The molecule has 5 aliphatic carbocycles. The minimum Gasteiger partial charge on any atom is -0.504 e. The molecule has 2 heterocycles. The SMILES string of the molecule is CO[C@@]12CC[C@@]3(C[C@@H]1CNC(=O)/C=C/c1ccccc1)[C@H]1Cc4ccc(O)c5c4[C@@]3(CCN1CC1CC1)[C@H]2O5. The average molecular weight is 527 g/mol. The molecule has 5 fully saturated rings. The Labute approximate surface area is 230 Å². The Hall–Kier alpha value is -2.83. The highest BCUT2D eigenvalue weighted by atomic mass is 16.6. The van der Waals surface area contributed by atoms with Gasteiger partial charge in [0.1, 0.15) is 11.7 Å². The largest absolute Gasteiger partial charge is 0.504 e. The number of ether oxygens (including phenoxy) is 2. The fourth-order valence-corrected chi connectivity index (χ4v) is 9.81. The van der Waals surface area contributed by atoms with Gasteiger partial charge in [0.25, 0.3) is 0 Å². The lowest BCUT2D eigenvalue weighted by Crippen LogP contribution is -2.81. The summed E-state index contributed by atoms with van der Waals surface area (Å²) in [6, 6.07) is 14.4. The number of benzene rings is 2. The zero-order chi connectivity index (χ0) is 26.4. The van der Waals surface area contributed by atoms with E-state index in [1.165, 1.54) is 30.5 Å². The van der Waals surface area contributed by atoms with Crippen molar-refractivity contribution in [2.24, 2.45) is 17.3 Å². The Bertz CT molecular complexity index is 1350. The first-order valence-electron chi connectivity index (χ1n) is 14.8. The van der Waals surface area contributed by atoms with Crippen LogP contribution in [0.4, 0.5) is 0 Å². The molecule has 6 nitrogen and oxygen atoms in total. The monoisotopic (exact) mass is 526 g/mol. The fraction of sp³-hybridized carbons (Fsp3) is 0.545. The third-order valence-corrected chi connectivity index (χ3v) is 11.6. The molecule has 6 heteroatoms. The van der Waals surface area contributed by atoms with Crippen LogP contribution < -0.4 is 10.1 Å². The van der Waals surface area contributed by atoms with Gasteiger partial charge >= 0.3 is 0 Å². The van der Waals surface area contributed by atoms with Crippen molar-refractivity contribution in [1.82, 2.24) is 10.2 Å². The lowest BCUT2D eigenvalue weighted by atomic mass is 9.35. The number of hydrogen-bond donors (Lipinski definition) is 2. The zero-order valence-electron chi connectivity index (χ0n) is 22.7. The number of nitrogens with zero attached hydrogens (tertiary/aromatic N) is 1. The molecule has 6 atom stereocenters. The van der Waals surface area contributed by atoms with Crippen molar-refractivity contribution in [3.63, 3.8) is 0 Å². The Kier molecular flexibility index (Phi) is 5.13. The molecular formula is C33H38N2O4. The first kappa shape index (κ1) is 24.0. The fourth-order valence-electron chi connectivity index (χ4n) is 9.81. The first-order valence-corrected chi connectivity index (χ1v) is 14.8. The van der Waals surface area contributed by atoms with E-state index in [0.717, 1.165) is 50.1 Å². The van der Waals surface area contributed by atoms with E-state index in [1.807, 2.05) is 49.6 Å². The van der Waals surface area contributed by atoms with Crippen molar-refractivity contribution in [2.45, 2.75) is 68.1 Å². The highest BCUT2D eigenvalue weighted by Crippen LogP contribution is 2.76. The van der Waals surface area contributed by atoms with Crippen LogP contribution in [0.3, 0.4) is 0 Å². The summed E-state index contributed by atoms with van der Waals surface area (Å²) in [5.41, 5.74) is 3.08. The summed E-state index contributed by atoms with van der Waals surface area (Å²) in [6.07, 6.45) is 11.2. The number of likely N-dealkylation sites (tertiary alicyclic amines) is 1. The molecule has 2 N–H and O–H groups in total. The number of carbonyl (C=O) groups excluding carboxylic acids is 1. The number of hydrogen-bond acceptors (Lipinski definition) is 5. The molecule has 0 radical (unpaired) electrons. The average Bonchev–Trinajstić information content (AvgIpc) is 3.70. The summed E-state index contributed by atoms with van der Waals surface area (Å²) in [4.78, 5) is 15.7. The highest BCUT2D eigenvalue weighted by molar-refractivity contribution is 5.91. The number of nitrogens with one attached hydrogen (secondary N) is 1. The quantitative estimate of drug-likeness (QED) is 0.522. The van der Waals surface area contributed by atoms with Crippen molar-refractivity contribution < 1.29 is 19.4 Å². The molecular weight excluding hydrogens is 488 g/mol. The summed E-state index contributed by atoms with van der Waals surface area (Å²) in [6.45, 7) is 2.85. The van der Waals surface area contributed by atoms with Crippen LogP contribution in [-0.4, -0.2) is 60.4 Å². The molecule has 4 bridgehead atoms. The van der Waals surface area contributed by atoms with E-state index in [2.05, 4.69) is 16.3 Å². The number of carbonyl (C=O) groups is 1. The van der Waals surface area contributed by atoms with Crippen LogP contribution in [0.5, 0.6) is 11.5 Å². The number of phenols is 1. The number of piperidine rings is 1. The van der Waals surface area contributed by atoms with E-state index < -0.39 is 5.60 Å². The maximum Gasteiger partial charge on any atom is 0.244 e. The van der Waals surface area contributed by atoms with Gasteiger partial charge < -0.3 is 19.9 Å². The summed E-state index contributed by atoms with van der Waals surface area (Å²) in [7, 11) is 1.83. The molecule has 0 aromatic heterocycles. The normalized spacial score (nSPS) is 37.5. The van der Waals surface area contributed by atoms with Crippen LogP contribution in [-0.2, 0) is 21.4 Å². The van der Waals surface area contributed by atoms with Crippen molar-refractivity contribution in [3.8, 4) is 11.5 Å². The Morgan fingerprint density at radius 3 is 2.82 bits per heavy atom. The van der Waals surface area contributed by atoms with Gasteiger partial charge in [-0.05, 0) is 80.7 Å². The molecule has 0 unspecified atom stereocenters. The number of aromatic hydroxyl groups is 1. The van der Waals surface area contributed by atoms with Gasteiger partial charge in [-0.1, -0.05) is 36.4 Å². The molecule has 39 heavy (non-hydrogen) atoms. The second-order valence-electron chi connectivity index (χ2n) is 13.0. The lowest BCUT2D eigenvalue weighted by Gasteiger charge is -2.74. The second-order valence-corrected chi connectivity index (χ2v) is 13.0. The molecule has 7 aliphatic rings. The molecule has 2 spiro atoms. The van der Waals surface area contributed by atoms with Crippen LogP contribution in [0.2, 0.25) is 0 Å². The van der Waals surface area contributed by atoms with E-state index in [1.54, 1.807) is 6.08 Å². The van der Waals surface area contributed by atoms with Gasteiger partial charge in [-0.2, -0.15) is 0 Å². The highest BCUT2D eigenvalue weighted by Gasteiger charge is 2.80. The van der Waals surface area contributed by atoms with Crippen LogP contribution in [0.15, 0.2) is 48.5 Å². The molecule has 1 saturated heterocycles. The topological polar surface area (TPSA) is 71.0 Å². The summed E-state index contributed by atoms with van der Waals surface area (Å²) in [5.74, 6) is 1.88. The van der Waals surface area contributed by atoms with Gasteiger partial charge in [-0.15, -0.1) is 0 Å². The van der Waals surface area contributed by atoms with E-state index >= 15 is 0 Å². The molecule has 4 saturated carbocycles. The first-order chi connectivity index (χ1) is 19.0. The van der Waals surface area contributed by atoms with E-state index in [9.17, 15) is 9.90 Å². The van der Waals surface area contributed by atoms with Crippen molar-refractivity contribution in [1.29, 1.82) is 0 Å². The minimum absolute atomic E-state index is 0.0619. The van der Waals surface area contributed by atoms with Crippen molar-refractivity contribution in [3.05, 3.63) is 65.2 Å². The van der Waals surface area contributed by atoms with Crippen LogP contribution in [0.25, 0.3) is 6.08 Å². The van der Waals surface area contributed by atoms with Gasteiger partial charge in [-0.3, -0.25) is 9.69 Å². The summed E-state index contributed by atoms with van der Waals surface area (Å²) < 4.78 is 13.4. The minimum atomic E-state index is -0.499. The van der Waals surface area contributed by atoms with Gasteiger partial charge in [0, 0.05) is 54.6 Å². The third kappa shape index (κ3) is 3.13. The predicted molar refractivity (Wildman–Crippen MR) is 149 cm³/mol. The third-order valence-electron chi connectivity index (χ3n) is 11.6. The number of rotatable bonds is 7. The van der Waals surface area contributed by atoms with E-state index in [0.29, 0.717) is 18.3 Å². The number of methoxy groups -OCH3 is 1. The summed E-state index contributed by atoms with van der Waals surface area (Å²) in [5, 5.41) is 14.2. The Morgan fingerprint density at radius 2 is 2.03 bits per heavy atom. The molecule has 9 rings (SSSR count). The maximum absolute atomic E-state index is 12.9. The Morgan fingerprint density at radius 1 is 1.18 bits per heavy atom. The van der Waals surface area contributed by atoms with Gasteiger partial charge in [0.05, 0.1) is 0 Å². The molecule has 2 aliphatic heterocycles. The zero-order valence-corrected chi connectivity index (χ0v) is 22.7. The standard InChI is InChI=1S/C33H38N2O4/c1-38-33-14-13-31(18-24(33)19-34-27(37)12-9-21-5-3-2-4-6-21)26-17-23-10-11-25(36)29-28(23)32(31,30(33)39-29)15-16-35(26)20-22-7-8-22/h2-6,9-12,22,24,26,30,36H,7-8,13-20H2,1H3,(H,34,37)/b12-9+/t24-,26-,30-,31-,32+,33+/m1/s1. The lowest BCUT2D eigenvalue weighted by molar-refractivity contribution is -0.276. The van der Waals surface area contributed by atoms with E-state index in [-0.39, 0.29) is 34.5 Å². The van der Waals surface area contributed by atoms with Crippen LogP contribution in [0.1, 0.15) is 55.2 Å². The molecule has 1 amide bonds. The molecule has 204 valence electrons. The van der Waals surface area contributed by atoms with Crippen LogP contribution in [0, 0.1) is 17.3 Å². The maximum atomic E-state index is 12.9. The van der Waals surface area contributed by atoms with Gasteiger partial charge in [0.15, 0.2) is 11.5 Å². The van der Waals surface area contributed by atoms with Gasteiger partial charge in [0.2, 0.25) is 5.91 Å². The Balaban J connectivity index is 1.16. The number of amides is 1. The number of fused-ring (bicyclic) bond motifs is 2.